The highest BCUT2D eigenvalue weighted by Gasteiger charge is 2.15. The van der Waals surface area contributed by atoms with Crippen molar-refractivity contribution in [3.8, 4) is 17.6 Å². The highest BCUT2D eigenvalue weighted by atomic mass is 16.5. The maximum Gasteiger partial charge on any atom is 0.321 e. The lowest BCUT2D eigenvalue weighted by molar-refractivity contribution is -0.120. The molecule has 3 rings (SSSR count). The van der Waals surface area contributed by atoms with Gasteiger partial charge in [0.25, 0.3) is 0 Å². The Labute approximate surface area is 180 Å². The van der Waals surface area contributed by atoms with Gasteiger partial charge in [-0.15, -0.1) is 0 Å². The van der Waals surface area contributed by atoms with Crippen LogP contribution in [0.15, 0.2) is 78.9 Å². The van der Waals surface area contributed by atoms with E-state index in [2.05, 4.69) is 22.0 Å². The van der Waals surface area contributed by atoms with Crippen LogP contribution in [-0.4, -0.2) is 18.0 Å². The van der Waals surface area contributed by atoms with Crippen LogP contribution >= 0.6 is 0 Å². The largest absolute Gasteiger partial charge is 0.456 e. The number of ether oxygens (including phenoxy) is 1. The van der Waals surface area contributed by atoms with Gasteiger partial charge in [-0.25, -0.2) is 4.79 Å². The zero-order valence-corrected chi connectivity index (χ0v) is 17.0. The van der Waals surface area contributed by atoms with Crippen molar-refractivity contribution in [3.63, 3.8) is 0 Å². The molecule has 0 saturated carbocycles. The van der Waals surface area contributed by atoms with Crippen LogP contribution in [0.1, 0.15) is 18.1 Å². The molecule has 1 atom stereocenters. The lowest BCUT2D eigenvalue weighted by Crippen LogP contribution is -2.45. The molecule has 0 aliphatic rings. The van der Waals surface area contributed by atoms with Crippen LogP contribution in [0.5, 0.6) is 11.5 Å². The van der Waals surface area contributed by atoms with Crippen molar-refractivity contribution < 1.29 is 14.3 Å². The van der Waals surface area contributed by atoms with E-state index in [0.29, 0.717) is 29.3 Å². The number of hydrogen-bond acceptors (Lipinski definition) is 5. The lowest BCUT2D eigenvalue weighted by atomic mass is 10.2. The third kappa shape index (κ3) is 6.34. The number of para-hydroxylation sites is 1. The highest BCUT2D eigenvalue weighted by Crippen LogP contribution is 2.26. The van der Waals surface area contributed by atoms with Crippen molar-refractivity contribution in [1.29, 1.82) is 5.26 Å². The van der Waals surface area contributed by atoms with E-state index in [0.717, 1.165) is 5.56 Å². The molecule has 0 aliphatic carbocycles. The summed E-state index contributed by atoms with van der Waals surface area (Å²) in [6, 6.07) is 24.3. The fraction of sp³-hybridized carbons (Fsp3) is 0.125. The summed E-state index contributed by atoms with van der Waals surface area (Å²) in [6.07, 6.45) is 0. The second kappa shape index (κ2) is 10.5. The van der Waals surface area contributed by atoms with Crippen LogP contribution in [0, 0.1) is 11.3 Å². The number of urea groups is 1. The van der Waals surface area contributed by atoms with Gasteiger partial charge in [0.2, 0.25) is 5.91 Å². The van der Waals surface area contributed by atoms with Crippen LogP contribution in [0.2, 0.25) is 0 Å². The molecule has 0 aromatic heterocycles. The molecule has 0 radical (unpaired) electrons. The molecule has 3 amide bonds. The normalized spacial score (nSPS) is 11.0. The van der Waals surface area contributed by atoms with Crippen molar-refractivity contribution in [2.75, 3.05) is 5.32 Å². The molecule has 31 heavy (non-hydrogen) atoms. The number of carbonyl (C=O) groups is 2. The zero-order valence-electron chi connectivity index (χ0n) is 17.0. The van der Waals surface area contributed by atoms with E-state index in [-0.39, 0.29) is 0 Å². The van der Waals surface area contributed by atoms with Gasteiger partial charge in [-0.1, -0.05) is 42.5 Å². The highest BCUT2D eigenvalue weighted by molar-refractivity contribution is 5.97. The minimum Gasteiger partial charge on any atom is -0.456 e. The summed E-state index contributed by atoms with van der Waals surface area (Å²) >= 11 is 0. The number of benzene rings is 3. The minimum absolute atomic E-state index is 0.332. The molecule has 0 fully saturated rings. The summed E-state index contributed by atoms with van der Waals surface area (Å²) in [7, 11) is 0. The number of nitriles is 1. The van der Waals surface area contributed by atoms with Crippen molar-refractivity contribution in [2.24, 2.45) is 0 Å². The average Bonchev–Trinajstić information content (AvgIpc) is 2.80. The van der Waals surface area contributed by atoms with Gasteiger partial charge in [-0.2, -0.15) is 5.26 Å². The first-order valence-corrected chi connectivity index (χ1v) is 9.71. The van der Waals surface area contributed by atoms with Crippen molar-refractivity contribution in [2.45, 2.75) is 19.5 Å². The maximum absolute atomic E-state index is 12.3. The molecule has 1 unspecified atom stereocenters. The molecule has 7 nitrogen and oxygen atoms in total. The van der Waals surface area contributed by atoms with Gasteiger partial charge < -0.3 is 15.4 Å². The molecule has 156 valence electrons. The number of imide groups is 1. The maximum atomic E-state index is 12.3. The molecule has 3 aromatic carbocycles. The Bertz CT molecular complexity index is 1080. The molecule has 0 spiro atoms. The predicted octanol–water partition coefficient (Wildman–Crippen LogP) is 4.18. The predicted molar refractivity (Wildman–Crippen MR) is 118 cm³/mol. The third-order valence-corrected chi connectivity index (χ3v) is 4.40. The molecule has 3 N–H and O–H groups in total. The smallest absolute Gasteiger partial charge is 0.321 e. The average molecular weight is 414 g/mol. The van der Waals surface area contributed by atoms with Crippen LogP contribution in [-0.2, 0) is 11.3 Å². The number of hydrogen-bond donors (Lipinski definition) is 3. The van der Waals surface area contributed by atoms with E-state index < -0.39 is 18.0 Å². The number of nitrogens with zero attached hydrogens (tertiary/aromatic N) is 1. The Balaban J connectivity index is 1.49. The van der Waals surface area contributed by atoms with Gasteiger partial charge >= 0.3 is 6.03 Å². The molecule has 3 aromatic rings. The van der Waals surface area contributed by atoms with Gasteiger partial charge in [0.15, 0.2) is 0 Å². The van der Waals surface area contributed by atoms with E-state index >= 15 is 0 Å². The summed E-state index contributed by atoms with van der Waals surface area (Å²) in [5.74, 6) is 0.583. The minimum atomic E-state index is -0.631. The number of anilines is 1. The summed E-state index contributed by atoms with van der Waals surface area (Å²) < 4.78 is 5.74. The van der Waals surface area contributed by atoms with Crippen LogP contribution in [0.25, 0.3) is 0 Å². The van der Waals surface area contributed by atoms with Crippen molar-refractivity contribution >= 4 is 17.6 Å². The van der Waals surface area contributed by atoms with Crippen LogP contribution in [0.4, 0.5) is 10.5 Å². The molecule has 0 bridgehead atoms. The SMILES string of the molecule is CC(Nc1ccc(Oc2ccccc2C#N)cc1)C(=O)NC(=O)NCc1ccccc1. The number of carbonyl (C=O) groups excluding carboxylic acids is 2. The lowest BCUT2D eigenvalue weighted by Gasteiger charge is -2.15. The fourth-order valence-corrected chi connectivity index (χ4v) is 2.75. The van der Waals surface area contributed by atoms with E-state index in [1.807, 2.05) is 30.3 Å². The van der Waals surface area contributed by atoms with Crippen LogP contribution in [0.3, 0.4) is 0 Å². The molecule has 7 heteroatoms. The van der Waals surface area contributed by atoms with Crippen molar-refractivity contribution in [1.82, 2.24) is 10.6 Å². The summed E-state index contributed by atoms with van der Waals surface area (Å²) in [5.41, 5.74) is 2.07. The Morgan fingerprint density at radius 1 is 0.968 bits per heavy atom. The Morgan fingerprint density at radius 3 is 2.35 bits per heavy atom. The second-order valence-electron chi connectivity index (χ2n) is 6.76. The fourth-order valence-electron chi connectivity index (χ4n) is 2.75. The first-order chi connectivity index (χ1) is 15.0. The summed E-state index contributed by atoms with van der Waals surface area (Å²) in [5, 5.41) is 17.1. The van der Waals surface area contributed by atoms with Gasteiger partial charge in [0, 0.05) is 12.2 Å². The Morgan fingerprint density at radius 2 is 1.65 bits per heavy atom. The first-order valence-electron chi connectivity index (χ1n) is 9.71. The van der Waals surface area contributed by atoms with E-state index in [9.17, 15) is 9.59 Å². The van der Waals surface area contributed by atoms with Gasteiger partial charge in [0.05, 0.1) is 5.56 Å². The monoisotopic (exact) mass is 414 g/mol. The molecule has 0 saturated heterocycles. The summed E-state index contributed by atoms with van der Waals surface area (Å²) in [4.78, 5) is 24.2. The van der Waals surface area contributed by atoms with Gasteiger partial charge in [-0.05, 0) is 48.9 Å². The first kappa shape index (κ1) is 21.4. The number of rotatable bonds is 7. The second-order valence-corrected chi connectivity index (χ2v) is 6.76. The molecule has 0 heterocycles. The molecular weight excluding hydrogens is 392 g/mol. The third-order valence-electron chi connectivity index (χ3n) is 4.40. The standard InChI is InChI=1S/C24H22N4O3/c1-17(23(29)28-24(30)26-16-18-7-3-2-4-8-18)27-20-11-13-21(14-12-20)31-22-10-6-5-9-19(22)15-25/h2-14,17,27H,16H2,1H3,(H2,26,28,29,30). The Kier molecular flexibility index (Phi) is 7.22. The number of nitrogens with one attached hydrogen (secondary N) is 3. The van der Waals surface area contributed by atoms with Gasteiger partial charge in [-0.3, -0.25) is 10.1 Å². The zero-order chi connectivity index (χ0) is 22.1. The van der Waals surface area contributed by atoms with E-state index in [4.69, 9.17) is 10.00 Å². The van der Waals surface area contributed by atoms with E-state index in [1.165, 1.54) is 0 Å². The quantitative estimate of drug-likeness (QED) is 0.538. The van der Waals surface area contributed by atoms with Crippen molar-refractivity contribution in [3.05, 3.63) is 90.0 Å². The van der Waals surface area contributed by atoms with Gasteiger partial charge in [0.1, 0.15) is 23.6 Å². The molecule has 0 aliphatic heterocycles. The summed E-state index contributed by atoms with van der Waals surface area (Å²) in [6.45, 7) is 1.99. The molecular formula is C24H22N4O3. The topological polar surface area (TPSA) is 103 Å². The van der Waals surface area contributed by atoms with Crippen LogP contribution < -0.4 is 20.7 Å². The Hall–Kier alpha value is -4.31. The number of amides is 3. The van der Waals surface area contributed by atoms with E-state index in [1.54, 1.807) is 55.5 Å².